The lowest BCUT2D eigenvalue weighted by Gasteiger charge is -2.15. The minimum atomic E-state index is -0.757. The molecule has 0 saturated heterocycles. The van der Waals surface area contributed by atoms with Crippen LogP contribution in [0, 0.1) is 23.0 Å². The van der Waals surface area contributed by atoms with E-state index in [1.165, 1.54) is 60.3 Å². The number of aromatic nitrogens is 2. The summed E-state index contributed by atoms with van der Waals surface area (Å²) >= 11 is 0. The van der Waals surface area contributed by atoms with Gasteiger partial charge >= 0.3 is 0 Å². The van der Waals surface area contributed by atoms with Crippen LogP contribution >= 0.6 is 0 Å². The van der Waals surface area contributed by atoms with Gasteiger partial charge < -0.3 is 14.6 Å². The van der Waals surface area contributed by atoms with Gasteiger partial charge in [-0.3, -0.25) is 9.59 Å². The molecule has 0 aliphatic heterocycles. The lowest BCUT2D eigenvalue weighted by atomic mass is 10.1. The average molecular weight is 446 g/mol. The number of ether oxygens (including phenoxy) is 1. The van der Waals surface area contributed by atoms with Crippen molar-refractivity contribution in [3.05, 3.63) is 99.3 Å². The van der Waals surface area contributed by atoms with E-state index >= 15 is 0 Å². The number of benzene rings is 2. The van der Waals surface area contributed by atoms with Crippen molar-refractivity contribution in [2.75, 3.05) is 12.4 Å². The summed E-state index contributed by atoms with van der Waals surface area (Å²) in [6.45, 7) is -0.277. The van der Waals surface area contributed by atoms with Crippen molar-refractivity contribution in [2.24, 2.45) is 0 Å². The highest BCUT2D eigenvalue weighted by atomic mass is 19.1. The predicted molar refractivity (Wildman–Crippen MR) is 117 cm³/mol. The Morgan fingerprint density at radius 3 is 2.45 bits per heavy atom. The first kappa shape index (κ1) is 21.6. The summed E-state index contributed by atoms with van der Waals surface area (Å²) in [6.07, 6.45) is 1.24. The van der Waals surface area contributed by atoms with Crippen LogP contribution in [0.25, 0.3) is 11.0 Å². The highest BCUT2D eigenvalue weighted by molar-refractivity contribution is 6.05. The van der Waals surface area contributed by atoms with Crippen LogP contribution in [0.2, 0.25) is 0 Å². The molecule has 0 fully saturated rings. The third kappa shape index (κ3) is 4.27. The Kier molecular flexibility index (Phi) is 5.83. The van der Waals surface area contributed by atoms with Gasteiger partial charge in [-0.2, -0.15) is 5.26 Å². The molecule has 0 saturated carbocycles. The van der Waals surface area contributed by atoms with E-state index in [9.17, 15) is 18.4 Å². The molecular formula is C24H16F2N4O3. The van der Waals surface area contributed by atoms with Gasteiger partial charge in [0.15, 0.2) is 0 Å². The lowest BCUT2D eigenvalue weighted by molar-refractivity contribution is 0.102. The molecule has 33 heavy (non-hydrogen) atoms. The average Bonchev–Trinajstić information content (AvgIpc) is 2.83. The van der Waals surface area contributed by atoms with E-state index in [-0.39, 0.29) is 34.6 Å². The smallest absolute Gasteiger partial charge is 0.261 e. The molecule has 0 spiro atoms. The van der Waals surface area contributed by atoms with Crippen LogP contribution < -0.4 is 15.5 Å². The molecule has 164 valence electrons. The van der Waals surface area contributed by atoms with Crippen molar-refractivity contribution in [1.82, 2.24) is 9.55 Å². The topological polar surface area (TPSA) is 97.0 Å². The fourth-order valence-electron chi connectivity index (χ4n) is 3.33. The Bertz CT molecular complexity index is 1450. The van der Waals surface area contributed by atoms with Crippen molar-refractivity contribution in [3.8, 4) is 11.9 Å². The highest BCUT2D eigenvalue weighted by Gasteiger charge is 2.19. The SMILES string of the molecule is COc1ccc2c(n1)c(=O)c(C(=O)Nc1ccc(C#N)cc1)cn2Cc1c(F)cccc1F. The number of rotatable bonds is 5. The molecule has 1 N–H and O–H groups in total. The van der Waals surface area contributed by atoms with E-state index in [1.807, 2.05) is 6.07 Å². The van der Waals surface area contributed by atoms with Crippen LogP contribution in [0.4, 0.5) is 14.5 Å². The first-order valence-electron chi connectivity index (χ1n) is 9.74. The van der Waals surface area contributed by atoms with Crippen LogP contribution in [0.3, 0.4) is 0 Å². The van der Waals surface area contributed by atoms with E-state index in [0.717, 1.165) is 12.1 Å². The number of anilines is 1. The Balaban J connectivity index is 1.83. The van der Waals surface area contributed by atoms with Crippen LogP contribution in [-0.2, 0) is 6.54 Å². The minimum absolute atomic E-state index is 0.0847. The number of halogens is 2. The van der Waals surface area contributed by atoms with E-state index < -0.39 is 23.0 Å². The number of methoxy groups -OCH3 is 1. The molecular weight excluding hydrogens is 430 g/mol. The van der Waals surface area contributed by atoms with Crippen molar-refractivity contribution in [3.63, 3.8) is 0 Å². The van der Waals surface area contributed by atoms with Crippen molar-refractivity contribution in [1.29, 1.82) is 5.26 Å². The van der Waals surface area contributed by atoms with Crippen molar-refractivity contribution < 1.29 is 18.3 Å². The summed E-state index contributed by atoms with van der Waals surface area (Å²) in [7, 11) is 1.38. The number of hydrogen-bond donors (Lipinski definition) is 1. The molecule has 4 aromatic rings. The number of carbonyl (C=O) groups is 1. The third-order valence-electron chi connectivity index (χ3n) is 5.02. The molecule has 0 aliphatic rings. The van der Waals surface area contributed by atoms with Gasteiger partial charge in [0.1, 0.15) is 22.7 Å². The van der Waals surface area contributed by atoms with E-state index in [1.54, 1.807) is 0 Å². The number of fused-ring (bicyclic) bond motifs is 1. The summed E-state index contributed by atoms with van der Waals surface area (Å²) in [5.41, 5.74) is -0.202. The van der Waals surface area contributed by atoms with Gasteiger partial charge in [0.2, 0.25) is 11.3 Å². The summed E-state index contributed by atoms with van der Waals surface area (Å²) in [5, 5.41) is 11.5. The Morgan fingerprint density at radius 2 is 1.82 bits per heavy atom. The first-order valence-corrected chi connectivity index (χ1v) is 9.74. The molecule has 2 aromatic heterocycles. The molecule has 0 bridgehead atoms. The predicted octanol–water partition coefficient (Wildman–Crippen LogP) is 3.86. The number of nitriles is 1. The second-order valence-electron chi connectivity index (χ2n) is 7.06. The molecule has 0 radical (unpaired) electrons. The zero-order chi connectivity index (χ0) is 23.5. The largest absolute Gasteiger partial charge is 0.481 e. The van der Waals surface area contributed by atoms with Gasteiger partial charge in [-0.1, -0.05) is 6.07 Å². The molecule has 4 rings (SSSR count). The minimum Gasteiger partial charge on any atom is -0.481 e. The van der Waals surface area contributed by atoms with Gasteiger partial charge in [-0.25, -0.2) is 13.8 Å². The van der Waals surface area contributed by atoms with Gasteiger partial charge in [-0.15, -0.1) is 0 Å². The van der Waals surface area contributed by atoms with Crippen LogP contribution in [-0.4, -0.2) is 22.6 Å². The van der Waals surface area contributed by atoms with E-state index in [2.05, 4.69) is 10.3 Å². The maximum absolute atomic E-state index is 14.3. The maximum Gasteiger partial charge on any atom is 0.261 e. The van der Waals surface area contributed by atoms with Crippen LogP contribution in [0.5, 0.6) is 5.88 Å². The van der Waals surface area contributed by atoms with E-state index in [4.69, 9.17) is 10.00 Å². The molecule has 2 heterocycles. The highest BCUT2D eigenvalue weighted by Crippen LogP contribution is 2.20. The lowest BCUT2D eigenvalue weighted by Crippen LogP contribution is -2.25. The molecule has 7 nitrogen and oxygen atoms in total. The summed E-state index contributed by atoms with van der Waals surface area (Å²) in [5.74, 6) is -2.11. The molecule has 9 heteroatoms. The van der Waals surface area contributed by atoms with Gasteiger partial charge in [0, 0.05) is 23.5 Å². The van der Waals surface area contributed by atoms with Crippen molar-refractivity contribution in [2.45, 2.75) is 6.54 Å². The second-order valence-corrected chi connectivity index (χ2v) is 7.06. The Morgan fingerprint density at radius 1 is 1.12 bits per heavy atom. The third-order valence-corrected chi connectivity index (χ3v) is 5.02. The summed E-state index contributed by atoms with van der Waals surface area (Å²) in [4.78, 5) is 30.2. The standard InChI is InChI=1S/C24H16F2N4O3/c1-33-21-10-9-20-22(29-21)23(31)17(24(32)28-15-7-5-14(11-27)6-8-15)13-30(20)12-16-18(25)3-2-4-19(16)26/h2-10,13H,12H2,1H3,(H,28,32). The summed E-state index contributed by atoms with van der Waals surface area (Å²) < 4.78 is 35.1. The number of amides is 1. The van der Waals surface area contributed by atoms with E-state index in [0.29, 0.717) is 11.3 Å². The fraction of sp³-hybridized carbons (Fsp3) is 0.0833. The van der Waals surface area contributed by atoms with Gasteiger partial charge in [0.05, 0.1) is 30.8 Å². The number of carbonyl (C=O) groups excluding carboxylic acids is 1. The normalized spacial score (nSPS) is 10.6. The Hall–Kier alpha value is -4.58. The first-order chi connectivity index (χ1) is 15.9. The quantitative estimate of drug-likeness (QED) is 0.502. The Labute approximate surface area is 186 Å². The van der Waals surface area contributed by atoms with Crippen molar-refractivity contribution >= 4 is 22.6 Å². The number of nitrogens with zero attached hydrogens (tertiary/aromatic N) is 3. The molecule has 1 amide bonds. The van der Waals surface area contributed by atoms with Crippen LogP contribution in [0.1, 0.15) is 21.5 Å². The van der Waals surface area contributed by atoms with Gasteiger partial charge in [-0.05, 0) is 42.5 Å². The zero-order valence-corrected chi connectivity index (χ0v) is 17.3. The second kappa shape index (κ2) is 8.88. The maximum atomic E-state index is 14.3. The number of pyridine rings is 2. The fourth-order valence-corrected chi connectivity index (χ4v) is 3.33. The zero-order valence-electron chi connectivity index (χ0n) is 17.3. The number of nitrogens with one attached hydrogen (secondary N) is 1. The molecule has 0 unspecified atom stereocenters. The molecule has 0 atom stereocenters. The molecule has 2 aromatic carbocycles. The van der Waals surface area contributed by atoms with Crippen LogP contribution in [0.15, 0.2) is 65.6 Å². The number of hydrogen-bond acceptors (Lipinski definition) is 5. The summed E-state index contributed by atoms with van der Waals surface area (Å²) in [6, 6.07) is 14.6. The molecule has 0 aliphatic carbocycles. The monoisotopic (exact) mass is 446 g/mol. The van der Waals surface area contributed by atoms with Gasteiger partial charge in [0.25, 0.3) is 5.91 Å².